The first-order valence-corrected chi connectivity index (χ1v) is 2.07. The molecule has 0 aromatic heterocycles. The molecule has 0 aliphatic rings. The molecule has 0 aromatic carbocycles. The van der Waals surface area contributed by atoms with Gasteiger partial charge in [0.15, 0.2) is 0 Å². The summed E-state index contributed by atoms with van der Waals surface area (Å²) in [6.07, 6.45) is -0.917. The number of carbonyl (C=O) groups is 1. The van der Waals surface area contributed by atoms with E-state index in [0.717, 1.165) is 6.92 Å². The molecule has 0 aliphatic heterocycles. The van der Waals surface area contributed by atoms with Crippen LogP contribution >= 0.6 is 0 Å². The molecule has 50 valence electrons. The van der Waals surface area contributed by atoms with E-state index in [2.05, 4.69) is 5.73 Å². The number of aliphatic carboxylic acids is 1. The van der Waals surface area contributed by atoms with Crippen LogP contribution < -0.4 is 40.4 Å². The molecule has 9 heavy (non-hydrogen) atoms. The molecule has 1 atom stereocenters. The second kappa shape index (κ2) is 11.2. The van der Waals surface area contributed by atoms with E-state index in [9.17, 15) is 5.11 Å². The Morgan fingerprint density at radius 1 is 1.78 bits per heavy atom. The van der Waals surface area contributed by atoms with Gasteiger partial charge in [-0.2, -0.15) is 0 Å². The van der Waals surface area contributed by atoms with Crippen molar-refractivity contribution in [2.45, 2.75) is 20.1 Å². The van der Waals surface area contributed by atoms with Gasteiger partial charge in [0.1, 0.15) is 0 Å². The molecule has 0 spiro atoms. The summed E-state index contributed by atoms with van der Waals surface area (Å²) in [7, 11) is 0. The minimum Gasteiger partial charge on any atom is -0.841 e. The average Bonchev–Trinajstić information content (AvgIpc) is 1.25. The van der Waals surface area contributed by atoms with Crippen molar-refractivity contribution in [2.24, 2.45) is 5.73 Å². The maximum atomic E-state index is 9.31. The number of nitrogens with two attached hydrogens (primary N) is 1. The second-order valence-corrected chi connectivity index (χ2v) is 1.22. The van der Waals surface area contributed by atoms with Gasteiger partial charge in [-0.15, -0.1) is 0 Å². The summed E-state index contributed by atoms with van der Waals surface area (Å²) in [4.78, 5) is 9.00. The van der Waals surface area contributed by atoms with Crippen molar-refractivity contribution in [3.05, 3.63) is 0 Å². The van der Waals surface area contributed by atoms with Gasteiger partial charge in [-0.05, 0) is 0 Å². The summed E-state index contributed by atoms with van der Waals surface area (Å²) in [5.74, 6) is -0.833. The molecule has 0 radical (unpaired) electrons. The summed E-state index contributed by atoms with van der Waals surface area (Å²) in [5.41, 5.74) is 4.56. The van der Waals surface area contributed by atoms with Crippen molar-refractivity contribution in [1.29, 1.82) is 0 Å². The fourth-order valence-corrected chi connectivity index (χ4v) is 0. The molecule has 0 bridgehead atoms. The van der Waals surface area contributed by atoms with Gasteiger partial charge in [0.2, 0.25) is 0 Å². The molecule has 5 heteroatoms. The van der Waals surface area contributed by atoms with Gasteiger partial charge in [0, 0.05) is 6.92 Å². The first-order chi connectivity index (χ1) is 3.46. The zero-order valence-electron chi connectivity index (χ0n) is 5.92. The SMILES string of the molecule is CC(=O)O.CC(N)[O-].[Na+]. The van der Waals surface area contributed by atoms with Gasteiger partial charge in [0.25, 0.3) is 5.97 Å². The van der Waals surface area contributed by atoms with E-state index < -0.39 is 12.2 Å². The smallest absolute Gasteiger partial charge is 0.841 e. The first-order valence-electron chi connectivity index (χ1n) is 2.07. The standard InChI is InChI=1S/C2H6NO.C2H4O2.Na/c2*1-2(3)4;/h2H,3H2,1H3;1H3,(H,3,4);/q-1;;+1. The van der Waals surface area contributed by atoms with E-state index in [-0.39, 0.29) is 29.6 Å². The van der Waals surface area contributed by atoms with Gasteiger partial charge in [-0.1, -0.05) is 13.2 Å². The summed E-state index contributed by atoms with van der Waals surface area (Å²) < 4.78 is 0. The Bertz CT molecular complexity index is 60.1. The fourth-order valence-electron chi connectivity index (χ4n) is 0. The Kier molecular flexibility index (Phi) is 20.2. The number of hydrogen-bond donors (Lipinski definition) is 2. The molecule has 0 aromatic rings. The molecule has 0 saturated carbocycles. The number of carboxylic acid groups (broad SMARTS) is 1. The zero-order valence-corrected chi connectivity index (χ0v) is 7.92. The van der Waals surface area contributed by atoms with Crippen molar-refractivity contribution in [1.82, 2.24) is 0 Å². The minimum absolute atomic E-state index is 0. The molecule has 0 aliphatic carbocycles. The van der Waals surface area contributed by atoms with Crippen molar-refractivity contribution >= 4 is 5.97 Å². The van der Waals surface area contributed by atoms with Gasteiger partial charge < -0.3 is 15.9 Å². The van der Waals surface area contributed by atoms with Crippen LogP contribution in [0.3, 0.4) is 0 Å². The maximum Gasteiger partial charge on any atom is 1.00 e. The van der Waals surface area contributed by atoms with Crippen LogP contribution in [0.25, 0.3) is 0 Å². The van der Waals surface area contributed by atoms with Crippen LogP contribution in [0.1, 0.15) is 13.8 Å². The van der Waals surface area contributed by atoms with E-state index in [1.54, 1.807) is 0 Å². The van der Waals surface area contributed by atoms with E-state index >= 15 is 0 Å². The molecule has 1 unspecified atom stereocenters. The van der Waals surface area contributed by atoms with Crippen LogP contribution in [0.15, 0.2) is 0 Å². The third-order valence-corrected chi connectivity index (χ3v) is 0. The predicted molar refractivity (Wildman–Crippen MR) is 27.0 cm³/mol. The van der Waals surface area contributed by atoms with Crippen LogP contribution in [-0.2, 0) is 4.79 Å². The zero-order chi connectivity index (χ0) is 7.15. The third kappa shape index (κ3) is 2250. The summed E-state index contributed by atoms with van der Waals surface area (Å²) in [6.45, 7) is 2.47. The quantitative estimate of drug-likeness (QED) is 0.265. The molecule has 3 N–H and O–H groups in total. The van der Waals surface area contributed by atoms with Gasteiger partial charge in [-0.25, -0.2) is 0 Å². The van der Waals surface area contributed by atoms with E-state index in [1.165, 1.54) is 6.92 Å². The van der Waals surface area contributed by atoms with Crippen molar-refractivity contribution in [3.8, 4) is 0 Å². The molecular weight excluding hydrogens is 133 g/mol. The Morgan fingerprint density at radius 2 is 1.78 bits per heavy atom. The number of carboxylic acids is 1. The molecular formula is C4H10NNaO3. The minimum atomic E-state index is -0.917. The topological polar surface area (TPSA) is 86.4 Å². The van der Waals surface area contributed by atoms with Crippen LogP contribution in [0.4, 0.5) is 0 Å². The third-order valence-electron chi connectivity index (χ3n) is 0. The molecule has 4 nitrogen and oxygen atoms in total. The Balaban J connectivity index is -0.0000000720. The summed E-state index contributed by atoms with van der Waals surface area (Å²) in [6, 6.07) is 0. The Labute approximate surface area is 76.3 Å². The van der Waals surface area contributed by atoms with Crippen molar-refractivity contribution in [2.75, 3.05) is 0 Å². The average molecular weight is 143 g/mol. The van der Waals surface area contributed by atoms with Gasteiger partial charge >= 0.3 is 29.6 Å². The fraction of sp³-hybridized carbons (Fsp3) is 0.750. The largest absolute Gasteiger partial charge is 1.00 e. The normalized spacial score (nSPS) is 9.78. The van der Waals surface area contributed by atoms with E-state index in [4.69, 9.17) is 9.90 Å². The summed E-state index contributed by atoms with van der Waals surface area (Å²) in [5, 5.41) is 16.7. The van der Waals surface area contributed by atoms with Crippen LogP contribution in [0, 0.1) is 0 Å². The van der Waals surface area contributed by atoms with Crippen LogP contribution in [0.5, 0.6) is 0 Å². The monoisotopic (exact) mass is 143 g/mol. The van der Waals surface area contributed by atoms with Crippen molar-refractivity contribution < 1.29 is 44.6 Å². The number of rotatable bonds is 0. The maximum absolute atomic E-state index is 9.31. The van der Waals surface area contributed by atoms with Crippen LogP contribution in [0.2, 0.25) is 0 Å². The summed E-state index contributed by atoms with van der Waals surface area (Å²) >= 11 is 0. The molecule has 0 saturated heterocycles. The predicted octanol–water partition coefficient (Wildman–Crippen LogP) is -4.25. The molecule has 0 fully saturated rings. The van der Waals surface area contributed by atoms with Crippen molar-refractivity contribution in [3.63, 3.8) is 0 Å². The van der Waals surface area contributed by atoms with E-state index in [1.807, 2.05) is 0 Å². The van der Waals surface area contributed by atoms with Crippen LogP contribution in [-0.4, -0.2) is 17.3 Å². The Morgan fingerprint density at radius 3 is 1.78 bits per heavy atom. The Hall–Kier alpha value is 0.390. The molecule has 0 amide bonds. The first kappa shape index (κ1) is 16.2. The van der Waals surface area contributed by atoms with Gasteiger partial charge in [0.05, 0.1) is 0 Å². The van der Waals surface area contributed by atoms with E-state index in [0.29, 0.717) is 0 Å². The van der Waals surface area contributed by atoms with Gasteiger partial charge in [-0.3, -0.25) is 4.79 Å². The number of hydrogen-bond acceptors (Lipinski definition) is 3. The molecule has 0 rings (SSSR count). The molecule has 0 heterocycles. The second-order valence-electron chi connectivity index (χ2n) is 1.22.